The molecule has 20 heavy (non-hydrogen) atoms. The van der Waals surface area contributed by atoms with Crippen LogP contribution in [0.3, 0.4) is 0 Å². The van der Waals surface area contributed by atoms with Gasteiger partial charge in [0.25, 0.3) is 0 Å². The van der Waals surface area contributed by atoms with E-state index < -0.39 is 6.09 Å². The number of hydrogen-bond acceptors (Lipinski definition) is 3. The minimum absolute atomic E-state index is 0.0384. The third kappa shape index (κ3) is 3.22. The van der Waals surface area contributed by atoms with Gasteiger partial charge in [-0.25, -0.2) is 15.2 Å². The summed E-state index contributed by atoms with van der Waals surface area (Å²) in [6.07, 6.45) is 2.90. The molecule has 0 spiro atoms. The summed E-state index contributed by atoms with van der Waals surface area (Å²) in [7, 11) is 1.65. The van der Waals surface area contributed by atoms with Crippen LogP contribution in [0.25, 0.3) is 0 Å². The predicted molar refractivity (Wildman–Crippen MR) is 76.8 cm³/mol. The fraction of sp³-hybridized carbons (Fsp3) is 0.533. The van der Waals surface area contributed by atoms with Gasteiger partial charge in [0, 0.05) is 6.54 Å². The standard InChI is InChI=1S/C15H22N2O3/c1-3-9-17(15(18)19)16-14-6-4-5-11-7-8-12(20-2)10-13(11)14/h7-8,10,14,16H,3-6,9H2,1-2H3,(H,18,19). The Bertz CT molecular complexity index is 476. The number of ether oxygens (including phenoxy) is 1. The molecule has 2 N–H and O–H groups in total. The molecule has 0 aliphatic heterocycles. The highest BCUT2D eigenvalue weighted by molar-refractivity contribution is 5.64. The number of methoxy groups -OCH3 is 1. The number of nitrogens with one attached hydrogen (secondary N) is 1. The molecule has 2 rings (SSSR count). The molecule has 0 bridgehead atoms. The summed E-state index contributed by atoms with van der Waals surface area (Å²) in [5, 5.41) is 10.5. The molecule has 5 heteroatoms. The molecule has 1 aromatic carbocycles. The molecule has 0 fully saturated rings. The van der Waals surface area contributed by atoms with Crippen LogP contribution in [0.5, 0.6) is 5.75 Å². The van der Waals surface area contributed by atoms with Crippen LogP contribution in [0, 0.1) is 0 Å². The molecule has 0 heterocycles. The summed E-state index contributed by atoms with van der Waals surface area (Å²) in [5.41, 5.74) is 5.57. The quantitative estimate of drug-likeness (QED) is 0.813. The van der Waals surface area contributed by atoms with Gasteiger partial charge in [0.2, 0.25) is 0 Å². The lowest BCUT2D eigenvalue weighted by molar-refractivity contribution is 0.106. The molecule has 0 radical (unpaired) electrons. The normalized spacial score (nSPS) is 17.4. The largest absolute Gasteiger partial charge is 0.497 e. The first-order valence-corrected chi connectivity index (χ1v) is 7.09. The number of carboxylic acid groups (broad SMARTS) is 1. The molecular formula is C15H22N2O3. The maximum atomic E-state index is 11.2. The van der Waals surface area contributed by atoms with E-state index in [-0.39, 0.29) is 6.04 Å². The molecule has 1 aliphatic carbocycles. The number of carbonyl (C=O) groups is 1. The van der Waals surface area contributed by atoms with Crippen molar-refractivity contribution in [3.63, 3.8) is 0 Å². The zero-order valence-electron chi connectivity index (χ0n) is 12.1. The monoisotopic (exact) mass is 278 g/mol. The molecule has 1 amide bonds. The second-order valence-corrected chi connectivity index (χ2v) is 5.07. The van der Waals surface area contributed by atoms with Gasteiger partial charge in [0.1, 0.15) is 5.75 Å². The van der Waals surface area contributed by atoms with Gasteiger partial charge in [-0.2, -0.15) is 0 Å². The van der Waals surface area contributed by atoms with Crippen molar-refractivity contribution >= 4 is 6.09 Å². The van der Waals surface area contributed by atoms with Crippen molar-refractivity contribution in [2.24, 2.45) is 0 Å². The summed E-state index contributed by atoms with van der Waals surface area (Å²) in [6, 6.07) is 6.09. The van der Waals surface area contributed by atoms with E-state index in [1.165, 1.54) is 10.6 Å². The number of amides is 1. The Morgan fingerprint density at radius 3 is 3.00 bits per heavy atom. The molecule has 1 atom stereocenters. The Hall–Kier alpha value is -1.75. The Balaban J connectivity index is 2.20. The lowest BCUT2D eigenvalue weighted by atomic mass is 9.88. The summed E-state index contributed by atoms with van der Waals surface area (Å²) >= 11 is 0. The molecule has 110 valence electrons. The molecule has 0 aromatic heterocycles. The van der Waals surface area contributed by atoms with Gasteiger partial charge >= 0.3 is 6.09 Å². The first kappa shape index (κ1) is 14.7. The first-order valence-electron chi connectivity index (χ1n) is 7.09. The molecule has 5 nitrogen and oxygen atoms in total. The summed E-state index contributed by atoms with van der Waals surface area (Å²) < 4.78 is 5.27. The van der Waals surface area contributed by atoms with E-state index in [1.807, 2.05) is 19.1 Å². The SMILES string of the molecule is CCCN(NC1CCCc2ccc(OC)cc21)C(=O)O. The zero-order valence-corrected chi connectivity index (χ0v) is 12.1. The fourth-order valence-electron chi connectivity index (χ4n) is 2.67. The van der Waals surface area contributed by atoms with Crippen LogP contribution in [0.4, 0.5) is 4.79 Å². The minimum Gasteiger partial charge on any atom is -0.497 e. The van der Waals surface area contributed by atoms with E-state index in [0.29, 0.717) is 6.54 Å². The topological polar surface area (TPSA) is 61.8 Å². The lowest BCUT2D eigenvalue weighted by Gasteiger charge is -2.31. The van der Waals surface area contributed by atoms with E-state index in [2.05, 4.69) is 11.5 Å². The summed E-state index contributed by atoms with van der Waals surface area (Å²) in [5.74, 6) is 0.815. The van der Waals surface area contributed by atoms with Crippen molar-refractivity contribution < 1.29 is 14.6 Å². The highest BCUT2D eigenvalue weighted by Crippen LogP contribution is 2.32. The van der Waals surface area contributed by atoms with Crippen molar-refractivity contribution in [1.29, 1.82) is 0 Å². The Kier molecular flexibility index (Phi) is 4.84. The third-order valence-corrected chi connectivity index (χ3v) is 3.66. The van der Waals surface area contributed by atoms with Gasteiger partial charge in [0.05, 0.1) is 13.2 Å². The van der Waals surface area contributed by atoms with E-state index in [0.717, 1.165) is 37.0 Å². The average Bonchev–Trinajstić information content (AvgIpc) is 2.46. The first-order chi connectivity index (χ1) is 9.65. The highest BCUT2D eigenvalue weighted by Gasteiger charge is 2.24. The Morgan fingerprint density at radius 2 is 2.35 bits per heavy atom. The van der Waals surface area contributed by atoms with Crippen LogP contribution in [-0.2, 0) is 6.42 Å². The van der Waals surface area contributed by atoms with Gasteiger partial charge in [0.15, 0.2) is 0 Å². The second kappa shape index (κ2) is 6.61. The molecule has 1 aliphatic rings. The number of fused-ring (bicyclic) bond motifs is 1. The second-order valence-electron chi connectivity index (χ2n) is 5.07. The van der Waals surface area contributed by atoms with E-state index in [9.17, 15) is 9.90 Å². The maximum Gasteiger partial charge on any atom is 0.421 e. The smallest absolute Gasteiger partial charge is 0.421 e. The Labute approximate surface area is 119 Å². The minimum atomic E-state index is -0.929. The lowest BCUT2D eigenvalue weighted by Crippen LogP contribution is -2.45. The van der Waals surface area contributed by atoms with Gasteiger partial charge in [-0.05, 0) is 48.9 Å². The highest BCUT2D eigenvalue weighted by atomic mass is 16.5. The predicted octanol–water partition coefficient (Wildman–Crippen LogP) is 2.97. The average molecular weight is 278 g/mol. The number of hydrogen-bond donors (Lipinski definition) is 2. The van der Waals surface area contributed by atoms with Crippen LogP contribution in [0.2, 0.25) is 0 Å². The van der Waals surface area contributed by atoms with Crippen molar-refractivity contribution in [2.45, 2.75) is 38.6 Å². The van der Waals surface area contributed by atoms with Crippen LogP contribution in [0.15, 0.2) is 18.2 Å². The van der Waals surface area contributed by atoms with Crippen molar-refractivity contribution in [3.05, 3.63) is 29.3 Å². The van der Waals surface area contributed by atoms with Gasteiger partial charge in [-0.1, -0.05) is 13.0 Å². The molecular weight excluding hydrogens is 256 g/mol. The van der Waals surface area contributed by atoms with E-state index in [1.54, 1.807) is 7.11 Å². The summed E-state index contributed by atoms with van der Waals surface area (Å²) in [6.45, 7) is 2.46. The number of hydrazine groups is 1. The van der Waals surface area contributed by atoms with Crippen molar-refractivity contribution in [1.82, 2.24) is 10.4 Å². The summed E-state index contributed by atoms with van der Waals surface area (Å²) in [4.78, 5) is 11.2. The van der Waals surface area contributed by atoms with E-state index in [4.69, 9.17) is 4.74 Å². The van der Waals surface area contributed by atoms with Gasteiger partial charge in [-0.3, -0.25) is 0 Å². The zero-order chi connectivity index (χ0) is 14.5. The van der Waals surface area contributed by atoms with Gasteiger partial charge < -0.3 is 9.84 Å². The van der Waals surface area contributed by atoms with Crippen LogP contribution >= 0.6 is 0 Å². The van der Waals surface area contributed by atoms with Crippen molar-refractivity contribution in [2.75, 3.05) is 13.7 Å². The van der Waals surface area contributed by atoms with Crippen molar-refractivity contribution in [3.8, 4) is 5.75 Å². The number of aryl methyl sites for hydroxylation is 1. The van der Waals surface area contributed by atoms with Crippen LogP contribution in [0.1, 0.15) is 43.4 Å². The number of benzene rings is 1. The molecule has 1 unspecified atom stereocenters. The van der Waals surface area contributed by atoms with E-state index >= 15 is 0 Å². The Morgan fingerprint density at radius 1 is 1.55 bits per heavy atom. The van der Waals surface area contributed by atoms with Gasteiger partial charge in [-0.15, -0.1) is 0 Å². The number of rotatable bonds is 5. The van der Waals surface area contributed by atoms with Crippen LogP contribution < -0.4 is 10.2 Å². The molecule has 1 aromatic rings. The third-order valence-electron chi connectivity index (χ3n) is 3.66. The molecule has 0 saturated carbocycles. The number of nitrogens with zero attached hydrogens (tertiary/aromatic N) is 1. The molecule has 0 saturated heterocycles. The van der Waals surface area contributed by atoms with Crippen LogP contribution in [-0.4, -0.2) is 29.9 Å². The maximum absolute atomic E-state index is 11.2. The fourth-order valence-corrected chi connectivity index (χ4v) is 2.67.